The molecule has 0 aliphatic carbocycles. The first-order valence-electron chi connectivity index (χ1n) is 5.74. The summed E-state index contributed by atoms with van der Waals surface area (Å²) in [4.78, 5) is 0. The van der Waals surface area contributed by atoms with Gasteiger partial charge in [-0.3, -0.25) is 0 Å². The number of nitrogens with two attached hydrogens (primary N) is 1. The van der Waals surface area contributed by atoms with Crippen molar-refractivity contribution in [3.63, 3.8) is 0 Å². The van der Waals surface area contributed by atoms with Gasteiger partial charge in [0.15, 0.2) is 0 Å². The molecule has 0 aromatic heterocycles. The maximum atomic E-state index is 12.9. The quantitative estimate of drug-likeness (QED) is 0.755. The van der Waals surface area contributed by atoms with Crippen molar-refractivity contribution >= 4 is 0 Å². The van der Waals surface area contributed by atoms with Gasteiger partial charge in [0, 0.05) is 19.3 Å². The third-order valence-corrected chi connectivity index (χ3v) is 2.64. The number of benzene rings is 1. The van der Waals surface area contributed by atoms with Crippen LogP contribution in [0.1, 0.15) is 36.9 Å². The Morgan fingerprint density at radius 1 is 1.44 bits per heavy atom. The highest BCUT2D eigenvalue weighted by molar-refractivity contribution is 5.29. The topological polar surface area (TPSA) is 35.2 Å². The molecule has 0 radical (unpaired) electrons. The lowest BCUT2D eigenvalue weighted by atomic mass is 9.98. The Balaban J connectivity index is 2.49. The average Bonchev–Trinajstić information content (AvgIpc) is 2.24. The average molecular weight is 225 g/mol. The molecule has 0 spiro atoms. The molecule has 90 valence electrons. The van der Waals surface area contributed by atoms with Gasteiger partial charge in [-0.1, -0.05) is 6.07 Å². The van der Waals surface area contributed by atoms with Gasteiger partial charge in [-0.05, 0) is 49.9 Å². The molecule has 0 fully saturated rings. The van der Waals surface area contributed by atoms with Gasteiger partial charge < -0.3 is 10.5 Å². The Hall–Kier alpha value is -0.930. The molecule has 2 N–H and O–H groups in total. The zero-order valence-corrected chi connectivity index (χ0v) is 10.0. The summed E-state index contributed by atoms with van der Waals surface area (Å²) in [6, 6.07) is 4.74. The molecule has 1 rings (SSSR count). The van der Waals surface area contributed by atoms with Crippen molar-refractivity contribution in [3.05, 3.63) is 35.1 Å². The third kappa shape index (κ3) is 3.91. The van der Waals surface area contributed by atoms with E-state index in [0.717, 1.165) is 37.2 Å². The van der Waals surface area contributed by atoms with Gasteiger partial charge in [-0.15, -0.1) is 0 Å². The molecule has 3 heteroatoms. The van der Waals surface area contributed by atoms with E-state index in [9.17, 15) is 4.39 Å². The van der Waals surface area contributed by atoms with Gasteiger partial charge >= 0.3 is 0 Å². The molecule has 16 heavy (non-hydrogen) atoms. The summed E-state index contributed by atoms with van der Waals surface area (Å²) < 4.78 is 18.2. The smallest absolute Gasteiger partial charge is 0.123 e. The Morgan fingerprint density at radius 3 is 2.81 bits per heavy atom. The highest BCUT2D eigenvalue weighted by Gasteiger charge is 2.09. The van der Waals surface area contributed by atoms with Gasteiger partial charge in [0.25, 0.3) is 0 Å². The first-order chi connectivity index (χ1) is 7.65. The van der Waals surface area contributed by atoms with Crippen LogP contribution in [0.3, 0.4) is 0 Å². The van der Waals surface area contributed by atoms with E-state index in [0.29, 0.717) is 0 Å². The van der Waals surface area contributed by atoms with Gasteiger partial charge in [-0.2, -0.15) is 0 Å². The minimum atomic E-state index is -0.206. The predicted molar refractivity (Wildman–Crippen MR) is 63.8 cm³/mol. The van der Waals surface area contributed by atoms with Gasteiger partial charge in [0.2, 0.25) is 0 Å². The van der Waals surface area contributed by atoms with E-state index in [1.807, 2.05) is 13.8 Å². The van der Waals surface area contributed by atoms with Gasteiger partial charge in [0.05, 0.1) is 0 Å². The van der Waals surface area contributed by atoms with Crippen molar-refractivity contribution in [3.8, 4) is 0 Å². The zero-order chi connectivity index (χ0) is 12.0. The van der Waals surface area contributed by atoms with Crippen molar-refractivity contribution in [2.24, 2.45) is 5.73 Å². The van der Waals surface area contributed by atoms with E-state index in [2.05, 4.69) is 0 Å². The lowest BCUT2D eigenvalue weighted by Gasteiger charge is -2.14. The van der Waals surface area contributed by atoms with Crippen LogP contribution in [0.5, 0.6) is 0 Å². The van der Waals surface area contributed by atoms with Crippen LogP contribution in [0, 0.1) is 12.7 Å². The second kappa shape index (κ2) is 6.61. The van der Waals surface area contributed by atoms with Crippen LogP contribution >= 0.6 is 0 Å². The summed E-state index contributed by atoms with van der Waals surface area (Å²) in [5.74, 6) is -0.206. The number of ether oxygens (including phenoxy) is 1. The van der Waals surface area contributed by atoms with Crippen LogP contribution in [-0.4, -0.2) is 13.2 Å². The SMILES string of the molecule is CCOCCCC(N)c1ccc(F)cc1C. The van der Waals surface area contributed by atoms with Crippen LogP contribution in [0.25, 0.3) is 0 Å². The molecule has 0 bridgehead atoms. The molecule has 1 unspecified atom stereocenters. The fourth-order valence-electron chi connectivity index (χ4n) is 1.76. The molecule has 2 nitrogen and oxygen atoms in total. The zero-order valence-electron chi connectivity index (χ0n) is 10.0. The van der Waals surface area contributed by atoms with Crippen LogP contribution in [0.4, 0.5) is 4.39 Å². The standard InChI is InChI=1S/C13H20FNO/c1-3-16-8-4-5-13(15)12-7-6-11(14)9-10(12)2/h6-7,9,13H,3-5,8,15H2,1-2H3. The van der Waals surface area contributed by atoms with E-state index in [4.69, 9.17) is 10.5 Å². The monoisotopic (exact) mass is 225 g/mol. The maximum absolute atomic E-state index is 12.9. The fraction of sp³-hybridized carbons (Fsp3) is 0.538. The van der Waals surface area contributed by atoms with Gasteiger partial charge in [-0.25, -0.2) is 4.39 Å². The number of aryl methyl sites for hydroxylation is 1. The third-order valence-electron chi connectivity index (χ3n) is 2.64. The molecule has 0 aliphatic heterocycles. The van der Waals surface area contributed by atoms with Crippen molar-refractivity contribution < 1.29 is 9.13 Å². The second-order valence-corrected chi connectivity index (χ2v) is 3.95. The first kappa shape index (κ1) is 13.1. The highest BCUT2D eigenvalue weighted by Crippen LogP contribution is 2.20. The number of rotatable bonds is 6. The molecule has 0 heterocycles. The normalized spacial score (nSPS) is 12.8. The van der Waals surface area contributed by atoms with Crippen LogP contribution in [-0.2, 0) is 4.74 Å². The summed E-state index contributed by atoms with van der Waals surface area (Å²) in [6.07, 6.45) is 1.80. The molecule has 0 aliphatic rings. The van der Waals surface area contributed by atoms with Crippen LogP contribution in [0.15, 0.2) is 18.2 Å². The van der Waals surface area contributed by atoms with E-state index >= 15 is 0 Å². The van der Waals surface area contributed by atoms with Crippen LogP contribution < -0.4 is 5.73 Å². The van der Waals surface area contributed by atoms with E-state index in [-0.39, 0.29) is 11.9 Å². The Labute approximate surface area is 96.6 Å². The van der Waals surface area contributed by atoms with Gasteiger partial charge in [0.1, 0.15) is 5.82 Å². The largest absolute Gasteiger partial charge is 0.382 e. The van der Waals surface area contributed by atoms with Crippen molar-refractivity contribution in [1.29, 1.82) is 0 Å². The summed E-state index contributed by atoms with van der Waals surface area (Å²) >= 11 is 0. The summed E-state index contributed by atoms with van der Waals surface area (Å²) in [7, 11) is 0. The fourth-order valence-corrected chi connectivity index (χ4v) is 1.76. The van der Waals surface area contributed by atoms with Crippen molar-refractivity contribution in [2.75, 3.05) is 13.2 Å². The first-order valence-corrected chi connectivity index (χ1v) is 5.74. The highest BCUT2D eigenvalue weighted by atomic mass is 19.1. The summed E-state index contributed by atoms with van der Waals surface area (Å²) in [5.41, 5.74) is 8.00. The molecule has 0 amide bonds. The molecule has 1 atom stereocenters. The molecular formula is C13H20FNO. The Bertz CT molecular complexity index is 328. The minimum absolute atomic E-state index is 0.0268. The minimum Gasteiger partial charge on any atom is -0.382 e. The Kier molecular flexibility index (Phi) is 5.43. The Morgan fingerprint density at radius 2 is 2.19 bits per heavy atom. The molecule has 1 aromatic rings. The maximum Gasteiger partial charge on any atom is 0.123 e. The molecular weight excluding hydrogens is 205 g/mol. The molecule has 0 saturated carbocycles. The molecule has 1 aromatic carbocycles. The number of halogens is 1. The summed E-state index contributed by atoms with van der Waals surface area (Å²) in [6.45, 7) is 5.35. The van der Waals surface area contributed by atoms with Crippen LogP contribution in [0.2, 0.25) is 0 Å². The van der Waals surface area contributed by atoms with E-state index < -0.39 is 0 Å². The summed E-state index contributed by atoms with van der Waals surface area (Å²) in [5, 5.41) is 0. The lowest BCUT2D eigenvalue weighted by molar-refractivity contribution is 0.142. The predicted octanol–water partition coefficient (Wildman–Crippen LogP) is 2.95. The van der Waals surface area contributed by atoms with Crippen molar-refractivity contribution in [1.82, 2.24) is 0 Å². The van der Waals surface area contributed by atoms with E-state index in [1.165, 1.54) is 12.1 Å². The number of hydrogen-bond donors (Lipinski definition) is 1. The second-order valence-electron chi connectivity index (χ2n) is 3.95. The number of hydrogen-bond acceptors (Lipinski definition) is 2. The van der Waals surface area contributed by atoms with E-state index in [1.54, 1.807) is 6.07 Å². The lowest BCUT2D eigenvalue weighted by Crippen LogP contribution is -2.12. The van der Waals surface area contributed by atoms with Crippen molar-refractivity contribution in [2.45, 2.75) is 32.7 Å². The molecule has 0 saturated heterocycles.